The summed E-state index contributed by atoms with van der Waals surface area (Å²) < 4.78 is 5.41. The van der Waals surface area contributed by atoms with Crippen molar-refractivity contribution in [1.29, 1.82) is 0 Å². The minimum atomic E-state index is -0.137. The van der Waals surface area contributed by atoms with Crippen LogP contribution in [0.15, 0.2) is 66.0 Å². The second-order valence-electron chi connectivity index (χ2n) is 6.69. The van der Waals surface area contributed by atoms with Gasteiger partial charge in [-0.2, -0.15) is 0 Å². The maximum absolute atomic E-state index is 12.8. The third-order valence-electron chi connectivity index (χ3n) is 4.46. The van der Waals surface area contributed by atoms with Crippen LogP contribution in [0.4, 0.5) is 0 Å². The molecule has 1 heterocycles. The molecular weight excluding hydrogens is 392 g/mol. The highest BCUT2D eigenvalue weighted by atomic mass is 35.5. The van der Waals surface area contributed by atoms with Gasteiger partial charge in [0.1, 0.15) is 12.3 Å². The Morgan fingerprint density at radius 3 is 2.64 bits per heavy atom. The minimum absolute atomic E-state index is 0.000693. The Morgan fingerprint density at radius 1 is 1.18 bits per heavy atom. The molecule has 6 heteroatoms. The number of benzene rings is 2. The fraction of sp³-hybridized carbons (Fsp3) is 0.227. The Kier molecular flexibility index (Phi) is 7.09. The summed E-state index contributed by atoms with van der Waals surface area (Å²) in [7, 11) is 3.63. The number of hydrogen-bond donors (Lipinski definition) is 2. The summed E-state index contributed by atoms with van der Waals surface area (Å²) in [5, 5.41) is 5.88. The van der Waals surface area contributed by atoms with Crippen LogP contribution in [0, 0.1) is 0 Å². The highest BCUT2D eigenvalue weighted by Gasteiger charge is 2.20. The van der Waals surface area contributed by atoms with Crippen molar-refractivity contribution in [3.63, 3.8) is 0 Å². The first-order valence-corrected chi connectivity index (χ1v) is 10.3. The van der Waals surface area contributed by atoms with Crippen LogP contribution in [0.25, 0.3) is 0 Å². The van der Waals surface area contributed by atoms with Crippen molar-refractivity contribution in [3.8, 4) is 5.75 Å². The number of thiophene rings is 1. The molecule has 1 amide bonds. The maximum atomic E-state index is 12.8. The lowest BCUT2D eigenvalue weighted by Crippen LogP contribution is -3.08. The molecule has 3 aromatic rings. The number of hydrogen-bond acceptors (Lipinski definition) is 3. The Hall–Kier alpha value is -2.34. The quantitative estimate of drug-likeness (QED) is 0.592. The van der Waals surface area contributed by atoms with Crippen molar-refractivity contribution in [2.45, 2.75) is 12.6 Å². The van der Waals surface area contributed by atoms with Gasteiger partial charge in [0.05, 0.1) is 20.2 Å². The zero-order valence-electron chi connectivity index (χ0n) is 15.9. The molecule has 0 saturated heterocycles. The predicted octanol–water partition coefficient (Wildman–Crippen LogP) is 3.33. The van der Waals surface area contributed by atoms with E-state index in [0.29, 0.717) is 18.1 Å². The molecule has 146 valence electrons. The molecule has 0 radical (unpaired) electrons. The summed E-state index contributed by atoms with van der Waals surface area (Å²) in [5.41, 5.74) is 2.06. The smallest absolute Gasteiger partial charge is 0.275 e. The van der Waals surface area contributed by atoms with E-state index in [9.17, 15) is 4.79 Å². The molecule has 0 aliphatic carbocycles. The molecule has 1 aromatic heterocycles. The van der Waals surface area contributed by atoms with Gasteiger partial charge in [0, 0.05) is 15.5 Å². The molecule has 1 unspecified atom stereocenters. The molecule has 0 bridgehead atoms. The van der Waals surface area contributed by atoms with Crippen LogP contribution in [0.2, 0.25) is 5.02 Å². The first kappa shape index (κ1) is 20.4. The molecule has 2 aromatic carbocycles. The van der Waals surface area contributed by atoms with Crippen molar-refractivity contribution >= 4 is 28.8 Å². The molecule has 0 saturated carbocycles. The maximum Gasteiger partial charge on any atom is 0.275 e. The Labute approximate surface area is 174 Å². The van der Waals surface area contributed by atoms with Gasteiger partial charge in [0.25, 0.3) is 5.91 Å². The number of carbonyl (C=O) groups excluding carboxylic acids is 1. The van der Waals surface area contributed by atoms with Crippen LogP contribution < -0.4 is 15.0 Å². The molecule has 4 nitrogen and oxygen atoms in total. The Morgan fingerprint density at radius 2 is 1.96 bits per heavy atom. The molecule has 0 spiro atoms. The van der Waals surface area contributed by atoms with Crippen LogP contribution in [-0.2, 0) is 11.3 Å². The fourth-order valence-electron chi connectivity index (χ4n) is 3.18. The number of likely N-dealkylation sites (N-methyl/N-ethyl adjacent to an activating group) is 1. The van der Waals surface area contributed by atoms with Crippen LogP contribution >= 0.6 is 22.9 Å². The molecule has 0 fully saturated rings. The van der Waals surface area contributed by atoms with Crippen molar-refractivity contribution in [2.24, 2.45) is 0 Å². The lowest BCUT2D eigenvalue weighted by Gasteiger charge is -2.20. The summed E-state index contributed by atoms with van der Waals surface area (Å²) in [4.78, 5) is 14.9. The minimum Gasteiger partial charge on any atom is -0.496 e. The van der Waals surface area contributed by atoms with Gasteiger partial charge in [-0.1, -0.05) is 48.0 Å². The van der Waals surface area contributed by atoms with E-state index in [2.05, 4.69) is 11.4 Å². The number of ether oxygens (including phenoxy) is 1. The van der Waals surface area contributed by atoms with E-state index >= 15 is 0 Å². The van der Waals surface area contributed by atoms with Gasteiger partial charge in [0.15, 0.2) is 6.54 Å². The largest absolute Gasteiger partial charge is 0.496 e. The van der Waals surface area contributed by atoms with Gasteiger partial charge in [-0.3, -0.25) is 4.79 Å². The van der Waals surface area contributed by atoms with Crippen molar-refractivity contribution < 1.29 is 14.4 Å². The van der Waals surface area contributed by atoms with E-state index < -0.39 is 0 Å². The number of quaternary nitrogens is 1. The SMILES string of the molecule is COc1ccc(Cl)cc1C[NH+](C)CC(=O)N[C@@H](c1ccccc1)c1cccs1. The molecule has 28 heavy (non-hydrogen) atoms. The highest BCUT2D eigenvalue weighted by Crippen LogP contribution is 2.25. The van der Waals surface area contributed by atoms with E-state index in [4.69, 9.17) is 16.3 Å². The highest BCUT2D eigenvalue weighted by molar-refractivity contribution is 7.10. The van der Waals surface area contributed by atoms with Gasteiger partial charge >= 0.3 is 0 Å². The zero-order valence-corrected chi connectivity index (χ0v) is 17.5. The number of methoxy groups -OCH3 is 1. The number of carbonyl (C=O) groups is 1. The third-order valence-corrected chi connectivity index (χ3v) is 5.64. The molecule has 2 atom stereocenters. The van der Waals surface area contributed by atoms with Gasteiger partial charge in [-0.25, -0.2) is 0 Å². The molecule has 0 aliphatic heterocycles. The predicted molar refractivity (Wildman–Crippen MR) is 114 cm³/mol. The summed E-state index contributed by atoms with van der Waals surface area (Å²) in [6.07, 6.45) is 0. The standard InChI is InChI=1S/C22H23ClN2O2S/c1-25(14-17-13-18(23)10-11-19(17)27-2)15-21(26)24-22(20-9-6-12-28-20)16-7-4-3-5-8-16/h3-13,22H,14-15H2,1-2H3,(H,24,26)/p+1/t22-/m0/s1. The summed E-state index contributed by atoms with van der Waals surface area (Å²) in [6, 6.07) is 19.5. The summed E-state index contributed by atoms with van der Waals surface area (Å²) in [6.45, 7) is 0.997. The van der Waals surface area contributed by atoms with Gasteiger partial charge in [0.2, 0.25) is 0 Å². The fourth-order valence-corrected chi connectivity index (χ4v) is 4.18. The van der Waals surface area contributed by atoms with Crippen molar-refractivity contribution in [3.05, 3.63) is 87.1 Å². The summed E-state index contributed by atoms with van der Waals surface area (Å²) in [5.74, 6) is 0.783. The van der Waals surface area contributed by atoms with Crippen molar-refractivity contribution in [1.82, 2.24) is 5.32 Å². The first-order valence-electron chi connectivity index (χ1n) is 9.08. The Balaban J connectivity index is 1.67. The second-order valence-corrected chi connectivity index (χ2v) is 8.11. The summed E-state index contributed by atoms with van der Waals surface area (Å²) >= 11 is 7.76. The third kappa shape index (κ3) is 5.35. The molecule has 2 N–H and O–H groups in total. The number of rotatable bonds is 8. The second kappa shape index (κ2) is 9.73. The number of halogens is 1. The lowest BCUT2D eigenvalue weighted by atomic mass is 10.1. The lowest BCUT2D eigenvalue weighted by molar-refractivity contribution is -0.885. The molecular formula is C22H24ClN2O2S+. The molecule has 0 aliphatic rings. The van der Waals surface area contributed by atoms with E-state index in [1.807, 2.05) is 61.0 Å². The van der Waals surface area contributed by atoms with E-state index in [1.54, 1.807) is 24.5 Å². The first-order chi connectivity index (χ1) is 13.6. The number of nitrogens with one attached hydrogen (secondary N) is 2. The topological polar surface area (TPSA) is 42.8 Å². The zero-order chi connectivity index (χ0) is 19.9. The average molecular weight is 416 g/mol. The van der Waals surface area contributed by atoms with Gasteiger partial charge < -0.3 is 15.0 Å². The monoisotopic (exact) mass is 415 g/mol. The Bertz CT molecular complexity index is 900. The van der Waals surface area contributed by atoms with Crippen LogP contribution in [0.1, 0.15) is 22.0 Å². The van der Waals surface area contributed by atoms with Crippen LogP contribution in [0.3, 0.4) is 0 Å². The van der Waals surface area contributed by atoms with Crippen LogP contribution in [0.5, 0.6) is 5.75 Å². The average Bonchev–Trinajstić information content (AvgIpc) is 3.21. The molecule has 3 rings (SSSR count). The van der Waals surface area contributed by atoms with E-state index in [0.717, 1.165) is 26.7 Å². The van der Waals surface area contributed by atoms with Crippen LogP contribution in [-0.4, -0.2) is 26.6 Å². The van der Waals surface area contributed by atoms with Crippen molar-refractivity contribution in [2.75, 3.05) is 20.7 Å². The van der Waals surface area contributed by atoms with E-state index in [1.165, 1.54) is 0 Å². The van der Waals surface area contributed by atoms with Gasteiger partial charge in [-0.15, -0.1) is 11.3 Å². The normalized spacial score (nSPS) is 13.0. The van der Waals surface area contributed by atoms with Gasteiger partial charge in [-0.05, 0) is 35.2 Å². The van der Waals surface area contributed by atoms with E-state index in [-0.39, 0.29) is 11.9 Å². The number of amides is 1.